The van der Waals surface area contributed by atoms with Crippen LogP contribution in [-0.2, 0) is 0 Å². The second kappa shape index (κ2) is 3.11. The minimum absolute atomic E-state index is 0.321. The molecule has 1 saturated heterocycles. The minimum Gasteiger partial charge on any atom is -0.317 e. The lowest BCUT2D eigenvalue weighted by Gasteiger charge is -2.06. The molecule has 0 radical (unpaired) electrons. The van der Waals surface area contributed by atoms with E-state index < -0.39 is 12.3 Å². The zero-order chi connectivity index (χ0) is 6.69. The minimum atomic E-state index is -1.24. The van der Waals surface area contributed by atoms with Crippen LogP contribution in [0.5, 0.6) is 0 Å². The normalized spacial score (nSPS) is 38.0. The first-order valence-corrected chi connectivity index (χ1v) is 3.29. The van der Waals surface area contributed by atoms with Crippen LogP contribution in [-0.4, -0.2) is 25.4 Å². The molecule has 0 bridgehead atoms. The van der Waals surface area contributed by atoms with Crippen molar-refractivity contribution < 1.29 is 8.78 Å². The molecule has 0 amide bonds. The van der Waals surface area contributed by atoms with Crippen molar-refractivity contribution in [3.63, 3.8) is 0 Å². The number of alkyl halides is 2. The average Bonchev–Trinajstić information content (AvgIpc) is 1.99. The first-order chi connectivity index (χ1) is 4.30. The molecule has 0 saturated carbocycles. The summed E-state index contributed by atoms with van der Waals surface area (Å²) in [6, 6.07) is 0. The van der Waals surface area contributed by atoms with Crippen molar-refractivity contribution in [2.75, 3.05) is 13.1 Å². The highest BCUT2D eigenvalue weighted by Crippen LogP contribution is 2.12. The maximum Gasteiger partial charge on any atom is 0.132 e. The molecule has 1 fully saturated rings. The lowest BCUT2D eigenvalue weighted by molar-refractivity contribution is 0.163. The average molecular weight is 135 g/mol. The van der Waals surface area contributed by atoms with Crippen LogP contribution in [0.2, 0.25) is 0 Å². The Hall–Kier alpha value is -0.180. The van der Waals surface area contributed by atoms with E-state index in [-0.39, 0.29) is 0 Å². The molecule has 1 heterocycles. The van der Waals surface area contributed by atoms with Gasteiger partial charge in [-0.1, -0.05) is 0 Å². The fourth-order valence-electron chi connectivity index (χ4n) is 0.967. The summed E-state index contributed by atoms with van der Waals surface area (Å²) in [5, 5.41) is 2.93. The molecule has 2 unspecified atom stereocenters. The van der Waals surface area contributed by atoms with Crippen LogP contribution in [0.1, 0.15) is 12.8 Å². The lowest BCUT2D eigenvalue weighted by Crippen LogP contribution is -2.15. The maximum atomic E-state index is 12.4. The molecule has 0 aliphatic carbocycles. The van der Waals surface area contributed by atoms with E-state index in [9.17, 15) is 8.78 Å². The van der Waals surface area contributed by atoms with Crippen molar-refractivity contribution in [3.05, 3.63) is 0 Å². The summed E-state index contributed by atoms with van der Waals surface area (Å²) in [5.41, 5.74) is 0. The van der Waals surface area contributed by atoms with E-state index in [1.165, 1.54) is 0 Å². The highest BCUT2D eigenvalue weighted by atomic mass is 19.2. The molecule has 0 spiro atoms. The van der Waals surface area contributed by atoms with Gasteiger partial charge in [0.15, 0.2) is 0 Å². The summed E-state index contributed by atoms with van der Waals surface area (Å²) in [5.74, 6) is 0. The molecule has 1 N–H and O–H groups in total. The Labute approximate surface area is 53.4 Å². The monoisotopic (exact) mass is 135 g/mol. The Morgan fingerprint density at radius 2 is 1.44 bits per heavy atom. The van der Waals surface area contributed by atoms with Crippen LogP contribution < -0.4 is 5.32 Å². The van der Waals surface area contributed by atoms with E-state index in [0.717, 1.165) is 0 Å². The van der Waals surface area contributed by atoms with E-state index in [4.69, 9.17) is 0 Å². The van der Waals surface area contributed by atoms with E-state index in [0.29, 0.717) is 25.9 Å². The molecule has 9 heavy (non-hydrogen) atoms. The van der Waals surface area contributed by atoms with Crippen molar-refractivity contribution in [2.24, 2.45) is 0 Å². The van der Waals surface area contributed by atoms with E-state index in [1.54, 1.807) is 0 Å². The van der Waals surface area contributed by atoms with Crippen LogP contribution in [0.25, 0.3) is 0 Å². The summed E-state index contributed by atoms with van der Waals surface area (Å²) in [7, 11) is 0. The third-order valence-electron chi connectivity index (χ3n) is 1.59. The Bertz CT molecular complexity index is 77.1. The van der Waals surface area contributed by atoms with E-state index in [2.05, 4.69) is 5.32 Å². The van der Waals surface area contributed by atoms with Gasteiger partial charge in [-0.15, -0.1) is 0 Å². The van der Waals surface area contributed by atoms with Crippen LogP contribution in [0.15, 0.2) is 0 Å². The van der Waals surface area contributed by atoms with Crippen molar-refractivity contribution in [1.82, 2.24) is 5.32 Å². The summed E-state index contributed by atoms with van der Waals surface area (Å²) in [6.07, 6.45) is -1.83. The van der Waals surface area contributed by atoms with Gasteiger partial charge in [-0.05, 0) is 25.9 Å². The van der Waals surface area contributed by atoms with Gasteiger partial charge in [0.25, 0.3) is 0 Å². The SMILES string of the molecule is FC1CCNCCC1F. The molecule has 2 atom stereocenters. The second-order valence-electron chi connectivity index (χ2n) is 2.36. The van der Waals surface area contributed by atoms with E-state index in [1.807, 2.05) is 0 Å². The number of halogens is 2. The predicted molar refractivity (Wildman–Crippen MR) is 31.9 cm³/mol. The number of nitrogens with one attached hydrogen (secondary N) is 1. The predicted octanol–water partition coefficient (Wildman–Crippen LogP) is 1.05. The fourth-order valence-corrected chi connectivity index (χ4v) is 0.967. The van der Waals surface area contributed by atoms with Crippen LogP contribution >= 0.6 is 0 Å². The highest BCUT2D eigenvalue weighted by molar-refractivity contribution is 4.73. The Morgan fingerprint density at radius 1 is 1.00 bits per heavy atom. The smallest absolute Gasteiger partial charge is 0.132 e. The fraction of sp³-hybridized carbons (Fsp3) is 1.00. The molecule has 54 valence electrons. The largest absolute Gasteiger partial charge is 0.317 e. The van der Waals surface area contributed by atoms with Gasteiger partial charge < -0.3 is 5.32 Å². The van der Waals surface area contributed by atoms with Crippen molar-refractivity contribution in [3.8, 4) is 0 Å². The topological polar surface area (TPSA) is 12.0 Å². The van der Waals surface area contributed by atoms with Crippen molar-refractivity contribution in [1.29, 1.82) is 0 Å². The third kappa shape index (κ3) is 1.90. The molecule has 0 aromatic rings. The Kier molecular flexibility index (Phi) is 2.39. The molecule has 1 aliphatic heterocycles. The number of hydrogen-bond acceptors (Lipinski definition) is 1. The molecule has 0 aromatic heterocycles. The van der Waals surface area contributed by atoms with Gasteiger partial charge >= 0.3 is 0 Å². The molecule has 1 rings (SSSR count). The molecule has 0 aromatic carbocycles. The van der Waals surface area contributed by atoms with E-state index >= 15 is 0 Å². The molecular formula is C6H11F2N. The van der Waals surface area contributed by atoms with Gasteiger partial charge in [0.1, 0.15) is 12.3 Å². The van der Waals surface area contributed by atoms with Gasteiger partial charge in [-0.25, -0.2) is 8.78 Å². The first-order valence-electron chi connectivity index (χ1n) is 3.29. The lowest BCUT2D eigenvalue weighted by atomic mass is 10.1. The van der Waals surface area contributed by atoms with Gasteiger partial charge in [0.2, 0.25) is 0 Å². The summed E-state index contributed by atoms with van der Waals surface area (Å²) in [4.78, 5) is 0. The summed E-state index contributed by atoms with van der Waals surface area (Å²) < 4.78 is 24.8. The zero-order valence-electron chi connectivity index (χ0n) is 5.24. The Balaban J connectivity index is 2.32. The number of hydrogen-bond donors (Lipinski definition) is 1. The van der Waals surface area contributed by atoms with Gasteiger partial charge in [-0.2, -0.15) is 0 Å². The number of rotatable bonds is 0. The van der Waals surface area contributed by atoms with Gasteiger partial charge in [0.05, 0.1) is 0 Å². The maximum absolute atomic E-state index is 12.4. The van der Waals surface area contributed by atoms with Gasteiger partial charge in [-0.3, -0.25) is 0 Å². The van der Waals surface area contributed by atoms with Crippen LogP contribution in [0.3, 0.4) is 0 Å². The van der Waals surface area contributed by atoms with Crippen LogP contribution in [0, 0.1) is 0 Å². The summed E-state index contributed by atoms with van der Waals surface area (Å²) in [6.45, 7) is 1.23. The summed E-state index contributed by atoms with van der Waals surface area (Å²) >= 11 is 0. The molecule has 1 aliphatic rings. The molecule has 3 heteroatoms. The highest BCUT2D eigenvalue weighted by Gasteiger charge is 2.21. The quantitative estimate of drug-likeness (QED) is 0.523. The molecular weight excluding hydrogens is 124 g/mol. The second-order valence-corrected chi connectivity index (χ2v) is 2.36. The third-order valence-corrected chi connectivity index (χ3v) is 1.59. The zero-order valence-corrected chi connectivity index (χ0v) is 5.24. The molecule has 1 nitrogen and oxygen atoms in total. The van der Waals surface area contributed by atoms with Crippen LogP contribution in [0.4, 0.5) is 8.78 Å². The van der Waals surface area contributed by atoms with Crippen molar-refractivity contribution in [2.45, 2.75) is 25.2 Å². The standard InChI is InChI=1S/C6H11F2N/c7-5-1-3-9-4-2-6(5)8/h5-6,9H,1-4H2. The van der Waals surface area contributed by atoms with Crippen molar-refractivity contribution >= 4 is 0 Å². The Morgan fingerprint density at radius 3 is 1.89 bits per heavy atom. The van der Waals surface area contributed by atoms with Gasteiger partial charge in [0, 0.05) is 0 Å². The first kappa shape index (κ1) is 6.93.